The number of carboxylic acids is 1. The first-order valence-electron chi connectivity index (χ1n) is 6.89. The van der Waals surface area contributed by atoms with Gasteiger partial charge in [0.05, 0.1) is 21.7 Å². The van der Waals surface area contributed by atoms with E-state index in [1.54, 1.807) is 19.1 Å². The van der Waals surface area contributed by atoms with Crippen LogP contribution in [0.1, 0.15) is 31.8 Å². The molecule has 1 amide bonds. The fourth-order valence-electron chi connectivity index (χ4n) is 2.28. The van der Waals surface area contributed by atoms with E-state index in [0.29, 0.717) is 5.56 Å². The fourth-order valence-corrected chi connectivity index (χ4v) is 3.66. The van der Waals surface area contributed by atoms with Gasteiger partial charge in [0.25, 0.3) is 15.9 Å². The molecular formula is C16H16N2O5S. The Hall–Kier alpha value is -2.87. The molecule has 0 heterocycles. The minimum Gasteiger partial charge on any atom is -0.478 e. The predicted molar refractivity (Wildman–Crippen MR) is 88.6 cm³/mol. The van der Waals surface area contributed by atoms with Crippen LogP contribution in [0, 0.1) is 13.8 Å². The van der Waals surface area contributed by atoms with Crippen LogP contribution in [0.25, 0.3) is 0 Å². The molecule has 4 N–H and O–H groups in total. The second-order valence-corrected chi connectivity index (χ2v) is 6.90. The Morgan fingerprint density at radius 1 is 1.08 bits per heavy atom. The molecule has 0 atom stereocenters. The van der Waals surface area contributed by atoms with Gasteiger partial charge in [-0.05, 0) is 49.2 Å². The fraction of sp³-hybridized carbons (Fsp3) is 0.125. The summed E-state index contributed by atoms with van der Waals surface area (Å²) in [7, 11) is -4.02. The Bertz CT molecular complexity index is 935. The maximum absolute atomic E-state index is 12.6. The first-order valence-corrected chi connectivity index (χ1v) is 8.38. The average Bonchev–Trinajstić information content (AvgIpc) is 2.48. The molecule has 0 spiro atoms. The smallest absolute Gasteiger partial charge is 0.335 e. The number of hydrogen-bond acceptors (Lipinski definition) is 4. The van der Waals surface area contributed by atoms with E-state index in [-0.39, 0.29) is 27.3 Å². The Labute approximate surface area is 139 Å². The summed E-state index contributed by atoms with van der Waals surface area (Å²) in [5.74, 6) is -1.90. The van der Waals surface area contributed by atoms with Crippen LogP contribution in [-0.2, 0) is 10.0 Å². The van der Waals surface area contributed by atoms with Crippen LogP contribution in [0.4, 0.5) is 5.69 Å². The number of carbonyl (C=O) groups is 2. The number of amides is 1. The molecule has 0 aliphatic carbocycles. The monoisotopic (exact) mass is 348 g/mol. The average molecular weight is 348 g/mol. The van der Waals surface area contributed by atoms with E-state index in [1.807, 2.05) is 0 Å². The summed E-state index contributed by atoms with van der Waals surface area (Å²) in [5, 5.41) is 8.96. The van der Waals surface area contributed by atoms with Crippen molar-refractivity contribution in [2.24, 2.45) is 5.73 Å². The van der Waals surface area contributed by atoms with E-state index in [4.69, 9.17) is 10.8 Å². The third-order valence-corrected chi connectivity index (χ3v) is 5.00. The van der Waals surface area contributed by atoms with E-state index >= 15 is 0 Å². The van der Waals surface area contributed by atoms with Gasteiger partial charge in [-0.15, -0.1) is 0 Å². The number of rotatable bonds is 5. The number of carboxylic acid groups (broad SMARTS) is 1. The molecule has 2 aromatic carbocycles. The number of carbonyl (C=O) groups excluding carboxylic acids is 1. The van der Waals surface area contributed by atoms with Crippen molar-refractivity contribution in [1.29, 1.82) is 0 Å². The number of sulfonamides is 1. The van der Waals surface area contributed by atoms with Crippen molar-refractivity contribution < 1.29 is 23.1 Å². The molecular weight excluding hydrogens is 332 g/mol. The van der Waals surface area contributed by atoms with E-state index in [9.17, 15) is 18.0 Å². The molecule has 0 aliphatic rings. The SMILES string of the molecule is Cc1cc(C(=O)O)ccc1S(=O)(=O)Nc1c(C)cccc1C(N)=O. The molecule has 0 bridgehead atoms. The van der Waals surface area contributed by atoms with E-state index in [0.717, 1.165) is 0 Å². The van der Waals surface area contributed by atoms with Crippen molar-refractivity contribution >= 4 is 27.6 Å². The summed E-state index contributed by atoms with van der Waals surface area (Å²) in [6.07, 6.45) is 0. The zero-order chi connectivity index (χ0) is 18.1. The van der Waals surface area contributed by atoms with Gasteiger partial charge in [-0.25, -0.2) is 13.2 Å². The van der Waals surface area contributed by atoms with Crippen molar-refractivity contribution in [2.45, 2.75) is 18.7 Å². The maximum atomic E-state index is 12.6. The van der Waals surface area contributed by atoms with Crippen molar-refractivity contribution in [3.63, 3.8) is 0 Å². The van der Waals surface area contributed by atoms with Crippen LogP contribution >= 0.6 is 0 Å². The largest absolute Gasteiger partial charge is 0.478 e. The number of para-hydroxylation sites is 1. The second kappa shape index (κ2) is 6.32. The van der Waals surface area contributed by atoms with Gasteiger partial charge in [-0.2, -0.15) is 0 Å². The third-order valence-electron chi connectivity index (χ3n) is 3.49. The minimum atomic E-state index is -4.02. The number of benzene rings is 2. The molecule has 2 rings (SSSR count). The van der Waals surface area contributed by atoms with E-state index < -0.39 is 21.9 Å². The topological polar surface area (TPSA) is 127 Å². The summed E-state index contributed by atoms with van der Waals surface area (Å²) in [5.41, 5.74) is 6.24. The Balaban J connectivity index is 2.51. The van der Waals surface area contributed by atoms with Gasteiger partial charge in [-0.1, -0.05) is 12.1 Å². The van der Waals surface area contributed by atoms with Crippen molar-refractivity contribution in [1.82, 2.24) is 0 Å². The zero-order valence-corrected chi connectivity index (χ0v) is 13.8. The first kappa shape index (κ1) is 17.5. The molecule has 24 heavy (non-hydrogen) atoms. The number of nitrogens with one attached hydrogen (secondary N) is 1. The summed E-state index contributed by atoms with van der Waals surface area (Å²) in [4.78, 5) is 22.4. The van der Waals surface area contributed by atoms with Crippen LogP contribution in [0.2, 0.25) is 0 Å². The molecule has 0 radical (unpaired) electrons. The molecule has 7 nitrogen and oxygen atoms in total. The molecule has 8 heteroatoms. The number of primary amides is 1. The van der Waals surface area contributed by atoms with Gasteiger partial charge >= 0.3 is 5.97 Å². The highest BCUT2D eigenvalue weighted by atomic mass is 32.2. The van der Waals surface area contributed by atoms with Gasteiger partial charge in [0.15, 0.2) is 0 Å². The second-order valence-electron chi connectivity index (χ2n) is 5.25. The lowest BCUT2D eigenvalue weighted by molar-refractivity contribution is 0.0696. The Kier molecular flexibility index (Phi) is 4.61. The number of anilines is 1. The van der Waals surface area contributed by atoms with Crippen molar-refractivity contribution in [2.75, 3.05) is 4.72 Å². The van der Waals surface area contributed by atoms with Gasteiger partial charge in [0.1, 0.15) is 0 Å². The summed E-state index contributed by atoms with van der Waals surface area (Å²) in [6, 6.07) is 8.35. The standard InChI is InChI=1S/C16H16N2O5S/c1-9-4-3-5-12(15(17)19)14(9)18-24(22,23)13-7-6-11(16(20)21)8-10(13)2/h3-8,18H,1-2H3,(H2,17,19)(H,20,21). The normalized spacial score (nSPS) is 11.1. The summed E-state index contributed by atoms with van der Waals surface area (Å²) < 4.78 is 27.6. The first-order chi connectivity index (χ1) is 11.1. The van der Waals surface area contributed by atoms with Crippen LogP contribution in [-0.4, -0.2) is 25.4 Å². The van der Waals surface area contributed by atoms with Crippen LogP contribution < -0.4 is 10.5 Å². The van der Waals surface area contributed by atoms with Crippen LogP contribution in [0.15, 0.2) is 41.3 Å². The molecule has 126 valence electrons. The molecule has 0 aromatic heterocycles. The van der Waals surface area contributed by atoms with Crippen LogP contribution in [0.3, 0.4) is 0 Å². The zero-order valence-electron chi connectivity index (χ0n) is 13.0. The number of nitrogens with two attached hydrogens (primary N) is 1. The van der Waals surface area contributed by atoms with Crippen LogP contribution in [0.5, 0.6) is 0 Å². The number of aryl methyl sites for hydroxylation is 2. The van der Waals surface area contributed by atoms with Gasteiger partial charge in [-0.3, -0.25) is 9.52 Å². The number of aromatic carboxylic acids is 1. The minimum absolute atomic E-state index is 0.0137. The van der Waals surface area contributed by atoms with Gasteiger partial charge < -0.3 is 10.8 Å². The Morgan fingerprint density at radius 3 is 2.29 bits per heavy atom. The lowest BCUT2D eigenvalue weighted by Crippen LogP contribution is -2.20. The molecule has 2 aromatic rings. The molecule has 0 saturated carbocycles. The van der Waals surface area contributed by atoms with Crippen molar-refractivity contribution in [3.05, 3.63) is 58.7 Å². The molecule has 0 unspecified atom stereocenters. The summed E-state index contributed by atoms with van der Waals surface area (Å²) >= 11 is 0. The summed E-state index contributed by atoms with van der Waals surface area (Å²) in [6.45, 7) is 3.14. The molecule has 0 fully saturated rings. The highest BCUT2D eigenvalue weighted by molar-refractivity contribution is 7.92. The number of hydrogen-bond donors (Lipinski definition) is 3. The van der Waals surface area contributed by atoms with E-state index in [2.05, 4.69) is 4.72 Å². The lowest BCUT2D eigenvalue weighted by Gasteiger charge is -2.15. The molecule has 0 aliphatic heterocycles. The van der Waals surface area contributed by atoms with Crippen molar-refractivity contribution in [3.8, 4) is 0 Å². The highest BCUT2D eigenvalue weighted by Crippen LogP contribution is 2.25. The molecule has 0 saturated heterocycles. The maximum Gasteiger partial charge on any atom is 0.335 e. The Morgan fingerprint density at radius 2 is 1.75 bits per heavy atom. The highest BCUT2D eigenvalue weighted by Gasteiger charge is 2.21. The lowest BCUT2D eigenvalue weighted by atomic mass is 10.1. The quantitative estimate of drug-likeness (QED) is 0.760. The third kappa shape index (κ3) is 3.38. The van der Waals surface area contributed by atoms with E-state index in [1.165, 1.54) is 31.2 Å². The van der Waals surface area contributed by atoms with Gasteiger partial charge in [0, 0.05) is 0 Å². The predicted octanol–water partition coefficient (Wildman–Crippen LogP) is 1.90. The van der Waals surface area contributed by atoms with Gasteiger partial charge in [0.2, 0.25) is 0 Å².